The molecule has 172 valence electrons. The molecule has 0 unspecified atom stereocenters. The number of hydrogen-bond donors (Lipinski definition) is 2. The molecule has 1 aliphatic heterocycles. The van der Waals surface area contributed by atoms with Crippen molar-refractivity contribution in [3.63, 3.8) is 0 Å². The molecule has 32 heavy (non-hydrogen) atoms. The van der Waals surface area contributed by atoms with Crippen molar-refractivity contribution in [2.24, 2.45) is 0 Å². The standard InChI is InChI=1S/C21H21F3N2O5S/c1-20(18(28-2)29-3)17(27)16(12-9-11(25)5-7-14(12)31-20)26-13-8-10(21(22,23)24)4-6-15(13)30-19(26)32/h4-9,16-18,27H,25H2,1-3H3/t16-,17-,20-/m1/s1. The van der Waals surface area contributed by atoms with Crippen LogP contribution in [0.3, 0.4) is 0 Å². The molecule has 0 radical (unpaired) electrons. The lowest BCUT2D eigenvalue weighted by atomic mass is 9.84. The number of oxazole rings is 1. The molecule has 0 amide bonds. The van der Waals surface area contributed by atoms with E-state index in [4.69, 9.17) is 36.6 Å². The van der Waals surface area contributed by atoms with Gasteiger partial charge in [-0.25, -0.2) is 0 Å². The van der Waals surface area contributed by atoms with Crippen LogP contribution in [0.2, 0.25) is 0 Å². The maximum atomic E-state index is 13.4. The monoisotopic (exact) mass is 470 g/mol. The second-order valence-corrected chi connectivity index (χ2v) is 8.04. The molecule has 2 heterocycles. The fourth-order valence-corrected chi connectivity index (χ4v) is 4.48. The van der Waals surface area contributed by atoms with E-state index in [0.717, 1.165) is 12.1 Å². The van der Waals surface area contributed by atoms with Crippen LogP contribution in [-0.2, 0) is 15.7 Å². The van der Waals surface area contributed by atoms with E-state index in [1.807, 2.05) is 0 Å². The lowest BCUT2D eigenvalue weighted by Gasteiger charge is -2.46. The fraction of sp³-hybridized carbons (Fsp3) is 0.381. The Kier molecular flexibility index (Phi) is 5.48. The largest absolute Gasteiger partial charge is 0.479 e. The number of rotatable bonds is 4. The van der Waals surface area contributed by atoms with E-state index < -0.39 is 35.8 Å². The Morgan fingerprint density at radius 1 is 1.19 bits per heavy atom. The third-order valence-corrected chi connectivity index (χ3v) is 5.96. The summed E-state index contributed by atoms with van der Waals surface area (Å²) in [6.45, 7) is 1.58. The smallest absolute Gasteiger partial charge is 0.416 e. The van der Waals surface area contributed by atoms with Crippen LogP contribution in [0.15, 0.2) is 40.8 Å². The molecule has 7 nitrogen and oxygen atoms in total. The van der Waals surface area contributed by atoms with Gasteiger partial charge >= 0.3 is 6.18 Å². The molecule has 3 atom stereocenters. The zero-order valence-corrected chi connectivity index (χ0v) is 18.2. The average molecular weight is 470 g/mol. The van der Waals surface area contributed by atoms with Crippen LogP contribution in [0.25, 0.3) is 11.1 Å². The number of benzene rings is 2. The van der Waals surface area contributed by atoms with Gasteiger partial charge in [-0.2, -0.15) is 13.2 Å². The van der Waals surface area contributed by atoms with Gasteiger partial charge in [-0.1, -0.05) is 0 Å². The topological polar surface area (TPSA) is 92.0 Å². The summed E-state index contributed by atoms with van der Waals surface area (Å²) in [5, 5.41) is 11.5. The number of aromatic nitrogens is 1. The molecule has 0 aliphatic carbocycles. The number of fused-ring (bicyclic) bond motifs is 2. The van der Waals surface area contributed by atoms with Crippen molar-refractivity contribution in [1.82, 2.24) is 4.57 Å². The summed E-state index contributed by atoms with van der Waals surface area (Å²) in [4.78, 5) is -0.118. The Hall–Kier alpha value is -2.60. The first kappa shape index (κ1) is 22.6. The van der Waals surface area contributed by atoms with Crippen LogP contribution < -0.4 is 10.5 Å². The van der Waals surface area contributed by atoms with Gasteiger partial charge in [-0.05, 0) is 55.5 Å². The number of nitrogens with two attached hydrogens (primary N) is 1. The Balaban J connectivity index is 2.01. The molecule has 0 bridgehead atoms. The van der Waals surface area contributed by atoms with Gasteiger partial charge in [0.25, 0.3) is 4.84 Å². The summed E-state index contributed by atoms with van der Waals surface area (Å²) in [6.07, 6.45) is -6.96. The second kappa shape index (κ2) is 7.77. The maximum absolute atomic E-state index is 13.4. The van der Waals surface area contributed by atoms with Gasteiger partial charge in [0.05, 0.1) is 17.1 Å². The highest BCUT2D eigenvalue weighted by Gasteiger charge is 2.53. The van der Waals surface area contributed by atoms with Crippen molar-refractivity contribution in [3.8, 4) is 5.75 Å². The van der Waals surface area contributed by atoms with E-state index >= 15 is 0 Å². The van der Waals surface area contributed by atoms with Crippen LogP contribution in [0, 0.1) is 4.84 Å². The number of anilines is 1. The maximum Gasteiger partial charge on any atom is 0.416 e. The molecule has 0 spiro atoms. The molecular weight excluding hydrogens is 449 g/mol. The van der Waals surface area contributed by atoms with Gasteiger partial charge in [-0.15, -0.1) is 0 Å². The normalized spacial score (nSPS) is 23.4. The summed E-state index contributed by atoms with van der Waals surface area (Å²) in [7, 11) is 2.77. The van der Waals surface area contributed by atoms with E-state index in [1.54, 1.807) is 25.1 Å². The summed E-state index contributed by atoms with van der Waals surface area (Å²) in [6, 6.07) is 6.83. The molecule has 0 saturated carbocycles. The predicted octanol–water partition coefficient (Wildman–Crippen LogP) is 4.29. The number of hydrogen-bond acceptors (Lipinski definition) is 7. The minimum atomic E-state index is -4.58. The summed E-state index contributed by atoms with van der Waals surface area (Å²) in [5.41, 5.74) is 4.65. The predicted molar refractivity (Wildman–Crippen MR) is 112 cm³/mol. The van der Waals surface area contributed by atoms with Gasteiger partial charge in [0.15, 0.2) is 17.5 Å². The first-order valence-corrected chi connectivity index (χ1v) is 9.96. The third kappa shape index (κ3) is 3.45. The molecule has 2 aromatic carbocycles. The number of ether oxygens (including phenoxy) is 3. The van der Waals surface area contributed by atoms with Gasteiger partial charge < -0.3 is 29.5 Å². The van der Waals surface area contributed by atoms with Crippen LogP contribution in [0.4, 0.5) is 18.9 Å². The Morgan fingerprint density at radius 3 is 2.50 bits per heavy atom. The number of aliphatic hydroxyl groups is 1. The quantitative estimate of drug-likeness (QED) is 0.334. The van der Waals surface area contributed by atoms with Crippen LogP contribution in [-0.4, -0.2) is 41.9 Å². The number of aliphatic hydroxyl groups excluding tert-OH is 1. The number of halogens is 3. The summed E-state index contributed by atoms with van der Waals surface area (Å²) < 4.78 is 63.9. The fourth-order valence-electron chi connectivity index (χ4n) is 4.18. The van der Waals surface area contributed by atoms with Crippen LogP contribution >= 0.6 is 12.2 Å². The van der Waals surface area contributed by atoms with Gasteiger partial charge in [-0.3, -0.25) is 4.57 Å². The number of methoxy groups -OCH3 is 2. The lowest BCUT2D eigenvalue weighted by Crippen LogP contribution is -2.60. The van der Waals surface area contributed by atoms with E-state index in [2.05, 4.69) is 0 Å². The molecule has 4 rings (SSSR count). The third-order valence-electron chi connectivity index (χ3n) is 5.68. The lowest BCUT2D eigenvalue weighted by molar-refractivity contribution is -0.238. The molecule has 1 aliphatic rings. The summed E-state index contributed by atoms with van der Waals surface area (Å²) in [5.74, 6) is 0.347. The number of alkyl halides is 3. The zero-order valence-electron chi connectivity index (χ0n) is 17.3. The SMILES string of the molecule is COC(OC)[C@]1(C)Oc2ccc(N)cc2[C@@H](n2c(=S)oc3ccc(C(F)(F)F)cc32)[C@H]1O. The molecule has 11 heteroatoms. The minimum Gasteiger partial charge on any atom is -0.479 e. The first-order chi connectivity index (χ1) is 15.0. The van der Waals surface area contributed by atoms with Gasteiger partial charge in [0, 0.05) is 25.5 Å². The Labute approximate surface area is 186 Å². The minimum absolute atomic E-state index is 0.0675. The Bertz CT molecular complexity index is 1220. The van der Waals surface area contributed by atoms with Crippen LogP contribution in [0.1, 0.15) is 24.1 Å². The number of nitrogens with zero attached hydrogens (tertiary/aromatic N) is 1. The first-order valence-electron chi connectivity index (χ1n) is 9.55. The summed E-state index contributed by atoms with van der Waals surface area (Å²) >= 11 is 5.35. The van der Waals surface area contributed by atoms with Crippen LogP contribution in [0.5, 0.6) is 5.75 Å². The van der Waals surface area contributed by atoms with Gasteiger partial charge in [0.2, 0.25) is 0 Å². The highest BCUT2D eigenvalue weighted by molar-refractivity contribution is 7.71. The average Bonchev–Trinajstić information content (AvgIpc) is 3.05. The zero-order chi connectivity index (χ0) is 23.4. The molecule has 3 N–H and O–H groups in total. The Morgan fingerprint density at radius 2 is 1.88 bits per heavy atom. The molecular formula is C21H21F3N2O5S. The van der Waals surface area contributed by atoms with Crippen molar-refractivity contribution >= 4 is 29.0 Å². The van der Waals surface area contributed by atoms with Crippen molar-refractivity contribution in [2.45, 2.75) is 37.1 Å². The number of nitrogen functional groups attached to an aromatic ring is 1. The second-order valence-electron chi connectivity index (χ2n) is 7.69. The van der Waals surface area contributed by atoms with Crippen molar-refractivity contribution in [2.75, 3.05) is 20.0 Å². The molecule has 0 fully saturated rings. The highest BCUT2D eigenvalue weighted by Crippen LogP contribution is 2.46. The van der Waals surface area contributed by atoms with E-state index in [-0.39, 0.29) is 15.9 Å². The van der Waals surface area contributed by atoms with Crippen molar-refractivity contribution in [3.05, 3.63) is 52.4 Å². The highest BCUT2D eigenvalue weighted by atomic mass is 32.1. The van der Waals surface area contributed by atoms with E-state index in [9.17, 15) is 18.3 Å². The van der Waals surface area contributed by atoms with Gasteiger partial charge in [0.1, 0.15) is 11.9 Å². The molecule has 3 aromatic rings. The van der Waals surface area contributed by atoms with Crippen molar-refractivity contribution in [1.29, 1.82) is 0 Å². The van der Waals surface area contributed by atoms with Crippen molar-refractivity contribution < 1.29 is 36.9 Å². The molecule has 0 saturated heterocycles. The van der Waals surface area contributed by atoms with E-state index in [0.29, 0.717) is 17.0 Å². The van der Waals surface area contributed by atoms with E-state index in [1.165, 1.54) is 24.9 Å². The molecule has 1 aromatic heterocycles.